The molecule has 0 aliphatic carbocycles. The number of benzene rings is 2. The van der Waals surface area contributed by atoms with Crippen LogP contribution in [0.2, 0.25) is 0 Å². The molecule has 2 aromatic carbocycles. The van der Waals surface area contributed by atoms with E-state index in [2.05, 4.69) is 21.0 Å². The van der Waals surface area contributed by atoms with Gasteiger partial charge in [-0.3, -0.25) is 9.59 Å². The number of rotatable bonds is 4. The molecule has 7 nitrogen and oxygen atoms in total. The first-order valence-corrected chi connectivity index (χ1v) is 8.86. The van der Waals surface area contributed by atoms with Crippen LogP contribution in [0.5, 0.6) is 11.5 Å². The van der Waals surface area contributed by atoms with Crippen LogP contribution in [0.4, 0.5) is 0 Å². The fraction of sp³-hybridized carbons (Fsp3) is 0.211. The summed E-state index contributed by atoms with van der Waals surface area (Å²) in [4.78, 5) is 23.6. The first-order valence-electron chi connectivity index (χ1n) is 8.07. The first-order chi connectivity index (χ1) is 12.9. The average molecular weight is 433 g/mol. The van der Waals surface area contributed by atoms with Crippen LogP contribution in [0.25, 0.3) is 0 Å². The van der Waals surface area contributed by atoms with Gasteiger partial charge in [-0.2, -0.15) is 5.01 Å². The van der Waals surface area contributed by atoms with E-state index in [1.54, 1.807) is 18.2 Å². The van der Waals surface area contributed by atoms with Crippen molar-refractivity contribution in [2.24, 2.45) is 5.10 Å². The Bertz CT molecular complexity index is 911. The van der Waals surface area contributed by atoms with Gasteiger partial charge in [-0.25, -0.2) is 0 Å². The van der Waals surface area contributed by atoms with Gasteiger partial charge in [0.05, 0.1) is 12.7 Å². The molecular formula is C19H17BrN2O5. The number of carbonyl (C=O) groups is 2. The van der Waals surface area contributed by atoms with Gasteiger partial charge in [0.2, 0.25) is 18.0 Å². The zero-order valence-corrected chi connectivity index (χ0v) is 16.5. The van der Waals surface area contributed by atoms with Gasteiger partial charge < -0.3 is 14.2 Å². The molecule has 0 N–H and O–H groups in total. The average Bonchev–Trinajstić information content (AvgIpc) is 3.07. The molecule has 0 saturated heterocycles. The highest BCUT2D eigenvalue weighted by Gasteiger charge is 2.34. The van der Waals surface area contributed by atoms with E-state index in [9.17, 15) is 9.59 Å². The molecule has 0 spiro atoms. The minimum atomic E-state index is -0.720. The number of halogens is 1. The molecule has 8 heteroatoms. The minimum absolute atomic E-state index is 0.160. The van der Waals surface area contributed by atoms with Gasteiger partial charge in [-0.15, -0.1) is 5.10 Å². The number of amides is 1. The Balaban J connectivity index is 2.02. The van der Waals surface area contributed by atoms with E-state index in [4.69, 9.17) is 14.2 Å². The van der Waals surface area contributed by atoms with Crippen LogP contribution < -0.4 is 9.47 Å². The number of hydrogen-bond donors (Lipinski definition) is 0. The van der Waals surface area contributed by atoms with E-state index >= 15 is 0 Å². The summed E-state index contributed by atoms with van der Waals surface area (Å²) in [7, 11) is 1.47. The molecule has 1 aliphatic rings. The first kappa shape index (κ1) is 18.9. The lowest BCUT2D eigenvalue weighted by Gasteiger charge is -2.19. The van der Waals surface area contributed by atoms with Crippen molar-refractivity contribution in [2.75, 3.05) is 7.11 Å². The number of nitrogens with zero attached hydrogens (tertiary/aromatic N) is 2. The van der Waals surface area contributed by atoms with Crippen molar-refractivity contribution in [3.05, 3.63) is 58.1 Å². The van der Waals surface area contributed by atoms with Crippen molar-refractivity contribution in [3.8, 4) is 11.5 Å². The van der Waals surface area contributed by atoms with Crippen molar-refractivity contribution in [2.45, 2.75) is 20.1 Å². The third kappa shape index (κ3) is 3.95. The maximum atomic E-state index is 12.1. The summed E-state index contributed by atoms with van der Waals surface area (Å²) < 4.78 is 17.4. The van der Waals surface area contributed by atoms with Crippen LogP contribution >= 0.6 is 15.9 Å². The molecule has 0 radical (unpaired) electrons. The predicted molar refractivity (Wildman–Crippen MR) is 101 cm³/mol. The maximum Gasteiger partial charge on any atom is 0.308 e. The lowest BCUT2D eigenvalue weighted by molar-refractivity contribution is -0.135. The van der Waals surface area contributed by atoms with Crippen molar-refractivity contribution in [1.82, 2.24) is 5.01 Å². The largest absolute Gasteiger partial charge is 0.493 e. The molecule has 3 rings (SSSR count). The molecule has 0 saturated carbocycles. The smallest absolute Gasteiger partial charge is 0.308 e. The monoisotopic (exact) mass is 432 g/mol. The molecule has 27 heavy (non-hydrogen) atoms. The molecule has 2 aromatic rings. The molecule has 140 valence electrons. The summed E-state index contributed by atoms with van der Waals surface area (Å²) in [6, 6.07) is 12.4. The molecular weight excluding hydrogens is 416 g/mol. The minimum Gasteiger partial charge on any atom is -0.493 e. The van der Waals surface area contributed by atoms with Crippen molar-refractivity contribution < 1.29 is 23.8 Å². The summed E-state index contributed by atoms with van der Waals surface area (Å²) in [6.07, 6.45) is -0.720. The highest BCUT2D eigenvalue weighted by molar-refractivity contribution is 9.10. The van der Waals surface area contributed by atoms with Crippen LogP contribution in [0.3, 0.4) is 0 Å². The van der Waals surface area contributed by atoms with Gasteiger partial charge in [-0.05, 0) is 24.3 Å². The van der Waals surface area contributed by atoms with Crippen LogP contribution in [0.15, 0.2) is 52.0 Å². The number of hydrogen-bond acceptors (Lipinski definition) is 6. The van der Waals surface area contributed by atoms with Crippen molar-refractivity contribution in [3.63, 3.8) is 0 Å². The second kappa shape index (κ2) is 7.79. The Hall–Kier alpha value is -2.87. The Morgan fingerprint density at radius 1 is 1.15 bits per heavy atom. The van der Waals surface area contributed by atoms with Gasteiger partial charge in [0, 0.05) is 23.9 Å². The van der Waals surface area contributed by atoms with E-state index in [1.165, 1.54) is 26.0 Å². The predicted octanol–water partition coefficient (Wildman–Crippen LogP) is 3.62. The molecule has 0 aromatic heterocycles. The summed E-state index contributed by atoms with van der Waals surface area (Å²) in [5.74, 6) is -0.0861. The fourth-order valence-corrected chi connectivity index (χ4v) is 2.88. The molecule has 0 fully saturated rings. The third-order valence-corrected chi connectivity index (χ3v) is 4.33. The van der Waals surface area contributed by atoms with E-state index in [-0.39, 0.29) is 17.6 Å². The maximum absolute atomic E-state index is 12.1. The van der Waals surface area contributed by atoms with Gasteiger partial charge in [0.1, 0.15) is 0 Å². The Labute approximate surface area is 164 Å². The summed E-state index contributed by atoms with van der Waals surface area (Å²) >= 11 is 3.38. The molecule has 1 aliphatic heterocycles. The zero-order chi connectivity index (χ0) is 19.6. The summed E-state index contributed by atoms with van der Waals surface area (Å²) in [5.41, 5.74) is 1.17. The van der Waals surface area contributed by atoms with E-state index in [0.29, 0.717) is 11.3 Å². The van der Waals surface area contributed by atoms with Gasteiger partial charge in [0.25, 0.3) is 0 Å². The SMILES string of the molecule is COc1cccc(C2=NN(C(C)=O)C(c3ccc(Br)cc3)O2)c1OC(C)=O. The normalized spacial score (nSPS) is 15.8. The van der Waals surface area contributed by atoms with E-state index in [1.807, 2.05) is 24.3 Å². The second-order valence-corrected chi connectivity index (χ2v) is 6.64. The molecule has 0 bridgehead atoms. The Morgan fingerprint density at radius 3 is 2.44 bits per heavy atom. The molecule has 1 heterocycles. The van der Waals surface area contributed by atoms with Crippen LogP contribution in [0.1, 0.15) is 31.2 Å². The zero-order valence-electron chi connectivity index (χ0n) is 14.9. The van der Waals surface area contributed by atoms with Crippen molar-refractivity contribution in [1.29, 1.82) is 0 Å². The van der Waals surface area contributed by atoms with Gasteiger partial charge >= 0.3 is 5.97 Å². The highest BCUT2D eigenvalue weighted by Crippen LogP contribution is 2.37. The number of esters is 1. The topological polar surface area (TPSA) is 77.4 Å². The number of methoxy groups -OCH3 is 1. The van der Waals surface area contributed by atoms with Crippen LogP contribution in [-0.4, -0.2) is 29.9 Å². The standard InChI is InChI=1S/C19H17BrN2O5/c1-11(23)22-19(13-7-9-14(20)10-8-13)27-18(21-22)15-5-4-6-16(25-3)17(15)26-12(2)24/h4-10,19H,1-3H3. The van der Waals surface area contributed by atoms with Crippen molar-refractivity contribution >= 4 is 33.7 Å². The van der Waals surface area contributed by atoms with E-state index < -0.39 is 12.2 Å². The molecule has 1 amide bonds. The summed E-state index contributed by atoms with van der Waals surface area (Å²) in [6.45, 7) is 2.69. The number of carbonyl (C=O) groups excluding carboxylic acids is 2. The third-order valence-electron chi connectivity index (χ3n) is 3.80. The van der Waals surface area contributed by atoms with Gasteiger partial charge in [0.15, 0.2) is 11.5 Å². The van der Waals surface area contributed by atoms with Crippen LogP contribution in [-0.2, 0) is 14.3 Å². The highest BCUT2D eigenvalue weighted by atomic mass is 79.9. The van der Waals surface area contributed by atoms with Gasteiger partial charge in [-0.1, -0.05) is 34.1 Å². The van der Waals surface area contributed by atoms with E-state index in [0.717, 1.165) is 10.0 Å². The second-order valence-electron chi connectivity index (χ2n) is 5.72. The Kier molecular flexibility index (Phi) is 5.46. The number of para-hydroxylation sites is 1. The lowest BCUT2D eigenvalue weighted by Crippen LogP contribution is -2.25. The summed E-state index contributed by atoms with van der Waals surface area (Å²) in [5, 5.41) is 5.55. The lowest BCUT2D eigenvalue weighted by atomic mass is 10.1. The molecule has 1 atom stereocenters. The fourth-order valence-electron chi connectivity index (χ4n) is 2.61. The number of ether oxygens (including phenoxy) is 3. The van der Waals surface area contributed by atoms with Crippen LogP contribution in [0, 0.1) is 0 Å². The number of hydrazone groups is 1. The Morgan fingerprint density at radius 2 is 1.85 bits per heavy atom. The quantitative estimate of drug-likeness (QED) is 0.544. The molecule has 1 unspecified atom stereocenters.